The van der Waals surface area contributed by atoms with Crippen molar-refractivity contribution in [3.05, 3.63) is 65.2 Å². The predicted molar refractivity (Wildman–Crippen MR) is 125 cm³/mol. The fourth-order valence-electron chi connectivity index (χ4n) is 4.30. The molecule has 8 heteroatoms. The Kier molecular flexibility index (Phi) is 6.91. The summed E-state index contributed by atoms with van der Waals surface area (Å²) in [5.41, 5.74) is 2.93. The lowest BCUT2D eigenvalue weighted by atomic mass is 10.0. The number of carbonyl (C=O) groups is 1. The maximum atomic E-state index is 12.4. The Morgan fingerprint density at radius 1 is 1.12 bits per heavy atom. The molecule has 2 N–H and O–H groups in total. The van der Waals surface area contributed by atoms with E-state index < -0.39 is 10.0 Å². The van der Waals surface area contributed by atoms with Crippen LogP contribution in [0.4, 0.5) is 0 Å². The van der Waals surface area contributed by atoms with E-state index in [9.17, 15) is 13.2 Å². The summed E-state index contributed by atoms with van der Waals surface area (Å²) in [7, 11) is -3.56. The number of carbonyl (C=O) groups excluding carboxylic acids is 1. The van der Waals surface area contributed by atoms with Crippen LogP contribution in [0.5, 0.6) is 0 Å². The summed E-state index contributed by atoms with van der Waals surface area (Å²) >= 11 is 0. The van der Waals surface area contributed by atoms with Gasteiger partial charge in [0.25, 0.3) is 10.0 Å². The van der Waals surface area contributed by atoms with E-state index in [4.69, 9.17) is 0 Å². The average molecular weight is 455 g/mol. The van der Waals surface area contributed by atoms with Crippen LogP contribution in [0, 0.1) is 0 Å². The third-order valence-corrected chi connectivity index (χ3v) is 7.58. The third kappa shape index (κ3) is 5.19. The molecule has 2 aliphatic rings. The highest BCUT2D eigenvalue weighted by Gasteiger charge is 2.30. The van der Waals surface area contributed by atoms with Gasteiger partial charge in [-0.15, -0.1) is 0 Å². The fourth-order valence-corrected chi connectivity index (χ4v) is 5.55. The molecule has 2 aromatic carbocycles. The van der Waals surface area contributed by atoms with Crippen molar-refractivity contribution in [2.75, 3.05) is 13.1 Å². The van der Waals surface area contributed by atoms with Crippen LogP contribution in [0.1, 0.15) is 49.3 Å². The van der Waals surface area contributed by atoms with Gasteiger partial charge in [0.2, 0.25) is 5.91 Å². The topological polar surface area (TPSA) is 90.9 Å². The van der Waals surface area contributed by atoms with Gasteiger partial charge in [-0.3, -0.25) is 19.4 Å². The van der Waals surface area contributed by atoms with E-state index in [1.165, 1.54) is 24.8 Å². The van der Waals surface area contributed by atoms with Gasteiger partial charge in [0, 0.05) is 31.1 Å². The number of amides is 1. The predicted octanol–water partition coefficient (Wildman–Crippen LogP) is 2.81. The van der Waals surface area contributed by atoms with Crippen LogP contribution in [0.15, 0.2) is 58.4 Å². The molecule has 2 aliphatic heterocycles. The van der Waals surface area contributed by atoms with Crippen molar-refractivity contribution in [1.82, 2.24) is 14.9 Å². The highest BCUT2D eigenvalue weighted by atomic mass is 32.2. The van der Waals surface area contributed by atoms with Gasteiger partial charge in [-0.05, 0) is 49.6 Å². The van der Waals surface area contributed by atoms with Crippen molar-refractivity contribution >= 4 is 21.8 Å². The average Bonchev–Trinajstić information content (AvgIpc) is 3.05. The molecular formula is C24H30N4O3S. The second-order valence-corrected chi connectivity index (χ2v) is 10.1. The summed E-state index contributed by atoms with van der Waals surface area (Å²) in [4.78, 5) is 19.4. The molecule has 4 rings (SSSR count). The number of amidine groups is 1. The normalized spacial score (nSPS) is 21.2. The number of sulfonamides is 1. The van der Waals surface area contributed by atoms with Crippen LogP contribution in [0.2, 0.25) is 0 Å². The number of fused-ring (bicyclic) bond motifs is 1. The minimum Gasteiger partial charge on any atom is -0.352 e. The molecule has 0 bridgehead atoms. The van der Waals surface area contributed by atoms with Crippen LogP contribution in [0.25, 0.3) is 0 Å². The number of aliphatic imine (C=N–C) groups is 1. The Labute approximate surface area is 190 Å². The lowest BCUT2D eigenvalue weighted by Crippen LogP contribution is -2.37. The zero-order valence-electron chi connectivity index (χ0n) is 18.4. The number of benzene rings is 2. The lowest BCUT2D eigenvalue weighted by Gasteiger charge is -2.33. The van der Waals surface area contributed by atoms with Gasteiger partial charge < -0.3 is 5.32 Å². The van der Waals surface area contributed by atoms with Gasteiger partial charge in [-0.1, -0.05) is 42.8 Å². The first-order valence-electron chi connectivity index (χ1n) is 11.2. The number of hydrogen-bond acceptors (Lipinski definition) is 5. The van der Waals surface area contributed by atoms with E-state index in [1.54, 1.807) is 24.3 Å². The minimum atomic E-state index is -3.56. The van der Waals surface area contributed by atoms with Gasteiger partial charge in [0.05, 0.1) is 11.4 Å². The Hall–Kier alpha value is -2.71. The molecule has 0 aromatic heterocycles. The molecule has 1 unspecified atom stereocenters. The standard InChI is InChI=1S/C24H30N4O3S/c1-18-8-6-7-15-28(18)17-20-10-3-2-9-19(20)16-26-23(29)13-14-25-24-21-11-4-5-12-22(21)32(30,31)27-24/h2-5,9-12,18H,6-8,13-17H2,1H3,(H,25,27)(H,26,29). The van der Waals surface area contributed by atoms with Crippen molar-refractivity contribution in [3.8, 4) is 0 Å². The second kappa shape index (κ2) is 9.83. The van der Waals surface area contributed by atoms with E-state index in [-0.39, 0.29) is 23.8 Å². The molecule has 7 nitrogen and oxygen atoms in total. The number of nitrogens with one attached hydrogen (secondary N) is 2. The molecule has 32 heavy (non-hydrogen) atoms. The van der Waals surface area contributed by atoms with E-state index in [1.807, 2.05) is 12.1 Å². The first-order valence-corrected chi connectivity index (χ1v) is 12.7. The minimum absolute atomic E-state index is 0.107. The van der Waals surface area contributed by atoms with E-state index in [2.05, 4.69) is 39.0 Å². The van der Waals surface area contributed by atoms with Crippen molar-refractivity contribution in [2.45, 2.75) is 56.6 Å². The number of likely N-dealkylation sites (tertiary alicyclic amines) is 1. The van der Waals surface area contributed by atoms with Crippen LogP contribution < -0.4 is 10.0 Å². The molecule has 0 spiro atoms. The summed E-state index contributed by atoms with van der Waals surface area (Å²) < 4.78 is 26.7. The van der Waals surface area contributed by atoms with Crippen molar-refractivity contribution in [2.24, 2.45) is 4.99 Å². The van der Waals surface area contributed by atoms with Gasteiger partial charge >= 0.3 is 0 Å². The highest BCUT2D eigenvalue weighted by molar-refractivity contribution is 7.90. The van der Waals surface area contributed by atoms with Gasteiger partial charge in [-0.25, -0.2) is 8.42 Å². The van der Waals surface area contributed by atoms with Crippen LogP contribution in [0.3, 0.4) is 0 Å². The summed E-state index contributed by atoms with van der Waals surface area (Å²) in [6.07, 6.45) is 3.97. The van der Waals surface area contributed by atoms with Crippen molar-refractivity contribution < 1.29 is 13.2 Å². The molecule has 1 saturated heterocycles. The maximum Gasteiger partial charge on any atom is 0.263 e. The molecule has 0 aliphatic carbocycles. The lowest BCUT2D eigenvalue weighted by molar-refractivity contribution is -0.121. The highest BCUT2D eigenvalue weighted by Crippen LogP contribution is 2.22. The molecule has 0 radical (unpaired) electrons. The smallest absolute Gasteiger partial charge is 0.263 e. The zero-order chi connectivity index (χ0) is 22.6. The maximum absolute atomic E-state index is 12.4. The van der Waals surface area contributed by atoms with Gasteiger partial charge in [0.1, 0.15) is 5.84 Å². The van der Waals surface area contributed by atoms with Crippen LogP contribution in [-0.4, -0.2) is 44.2 Å². The van der Waals surface area contributed by atoms with Gasteiger partial charge in [-0.2, -0.15) is 0 Å². The zero-order valence-corrected chi connectivity index (χ0v) is 19.2. The molecular weight excluding hydrogens is 424 g/mol. The molecule has 2 aromatic rings. The summed E-state index contributed by atoms with van der Waals surface area (Å²) in [5.74, 6) is 0.194. The first-order chi connectivity index (χ1) is 15.4. The number of rotatable bonds is 7. The van der Waals surface area contributed by atoms with E-state index >= 15 is 0 Å². The quantitative estimate of drug-likeness (QED) is 0.673. The molecule has 1 amide bonds. The monoisotopic (exact) mass is 454 g/mol. The largest absolute Gasteiger partial charge is 0.352 e. The SMILES string of the molecule is CC1CCCCN1Cc1ccccc1CNC(=O)CCN=C1NS(=O)(=O)c2ccccc21. The molecule has 0 saturated carbocycles. The van der Waals surface area contributed by atoms with E-state index in [0.717, 1.165) is 18.7 Å². The van der Waals surface area contributed by atoms with Crippen molar-refractivity contribution in [3.63, 3.8) is 0 Å². The third-order valence-electron chi connectivity index (χ3n) is 6.18. The van der Waals surface area contributed by atoms with Crippen LogP contribution in [-0.2, 0) is 27.9 Å². The van der Waals surface area contributed by atoms with Gasteiger partial charge in [0.15, 0.2) is 0 Å². The Morgan fingerprint density at radius 3 is 2.69 bits per heavy atom. The molecule has 2 heterocycles. The Bertz CT molecular complexity index is 1110. The summed E-state index contributed by atoms with van der Waals surface area (Å²) in [6, 6.07) is 15.5. The molecule has 1 atom stereocenters. The summed E-state index contributed by atoms with van der Waals surface area (Å²) in [5, 5.41) is 2.98. The Morgan fingerprint density at radius 2 is 1.88 bits per heavy atom. The van der Waals surface area contributed by atoms with Crippen LogP contribution >= 0.6 is 0 Å². The summed E-state index contributed by atoms with van der Waals surface area (Å²) in [6.45, 7) is 5.00. The first kappa shape index (κ1) is 22.5. The second-order valence-electron chi connectivity index (χ2n) is 8.44. The number of piperidine rings is 1. The van der Waals surface area contributed by atoms with E-state index in [0.29, 0.717) is 24.0 Å². The fraction of sp³-hybridized carbons (Fsp3) is 0.417. The molecule has 1 fully saturated rings. The number of hydrogen-bond donors (Lipinski definition) is 2. The molecule has 170 valence electrons. The van der Waals surface area contributed by atoms with Crippen molar-refractivity contribution in [1.29, 1.82) is 0 Å². The number of nitrogens with zero attached hydrogens (tertiary/aromatic N) is 2. The Balaban J connectivity index is 1.31.